The van der Waals surface area contributed by atoms with Gasteiger partial charge >= 0.3 is 0 Å². The molecule has 0 aromatic heterocycles. The number of carbonyl (C=O) groups is 2. The largest absolute Gasteiger partial charge is 0.497 e. The number of nitrogens with two attached hydrogens (primary N) is 1. The van der Waals surface area contributed by atoms with Gasteiger partial charge < -0.3 is 9.47 Å². The van der Waals surface area contributed by atoms with Gasteiger partial charge in [0.2, 0.25) is 0 Å². The van der Waals surface area contributed by atoms with Crippen molar-refractivity contribution in [3.63, 3.8) is 0 Å². The Morgan fingerprint density at radius 1 is 0.700 bits per heavy atom. The Kier molecular flexibility index (Phi) is 6.99. The first kappa shape index (κ1) is 26.4. The van der Waals surface area contributed by atoms with Crippen LogP contribution in [-0.2, 0) is 9.59 Å². The first-order chi connectivity index (χ1) is 19.4. The van der Waals surface area contributed by atoms with E-state index in [1.807, 2.05) is 72.8 Å². The van der Waals surface area contributed by atoms with E-state index in [0.717, 1.165) is 39.6 Å². The summed E-state index contributed by atoms with van der Waals surface area (Å²) in [6, 6.07) is 23.2. The molecule has 6 nitrogen and oxygen atoms in total. The lowest BCUT2D eigenvalue weighted by Crippen LogP contribution is -2.44. The molecule has 2 N–H and O–H groups in total. The number of rotatable bonds is 5. The lowest BCUT2D eigenvalue weighted by atomic mass is 9.67. The van der Waals surface area contributed by atoms with Gasteiger partial charge in [-0.3, -0.25) is 14.6 Å². The molecular formula is C33H31ClN2O4. The Labute approximate surface area is 239 Å². The summed E-state index contributed by atoms with van der Waals surface area (Å²) in [6.45, 7) is 0. The van der Waals surface area contributed by atoms with Crippen molar-refractivity contribution in [3.05, 3.63) is 117 Å². The number of hydrogen-bond acceptors (Lipinski definition) is 6. The van der Waals surface area contributed by atoms with E-state index in [0.29, 0.717) is 41.9 Å². The van der Waals surface area contributed by atoms with Gasteiger partial charge in [0.25, 0.3) is 0 Å². The molecule has 0 saturated carbocycles. The van der Waals surface area contributed by atoms with E-state index in [-0.39, 0.29) is 23.4 Å². The zero-order valence-electron chi connectivity index (χ0n) is 22.5. The van der Waals surface area contributed by atoms with E-state index >= 15 is 0 Å². The third-order valence-corrected chi connectivity index (χ3v) is 8.86. The summed E-state index contributed by atoms with van der Waals surface area (Å²) in [7, 11) is 3.27. The van der Waals surface area contributed by atoms with Gasteiger partial charge in [0.15, 0.2) is 11.6 Å². The van der Waals surface area contributed by atoms with Crippen molar-refractivity contribution in [2.24, 2.45) is 5.84 Å². The Hall–Kier alpha value is -3.87. The van der Waals surface area contributed by atoms with Gasteiger partial charge in [-0.15, -0.1) is 0 Å². The number of ketones is 2. The maximum atomic E-state index is 13.9. The summed E-state index contributed by atoms with van der Waals surface area (Å²) in [5, 5.41) is 2.17. The minimum atomic E-state index is -0.535. The highest BCUT2D eigenvalue weighted by Gasteiger charge is 2.46. The Balaban J connectivity index is 1.44. The fourth-order valence-corrected chi connectivity index (χ4v) is 6.73. The van der Waals surface area contributed by atoms with Crippen LogP contribution < -0.4 is 15.3 Å². The van der Waals surface area contributed by atoms with Crippen LogP contribution >= 0.6 is 11.6 Å². The first-order valence-corrected chi connectivity index (χ1v) is 13.9. The Morgan fingerprint density at radius 2 is 1.15 bits per heavy atom. The number of ether oxygens (including phenoxy) is 2. The Morgan fingerprint density at radius 3 is 1.57 bits per heavy atom. The van der Waals surface area contributed by atoms with E-state index in [1.54, 1.807) is 19.2 Å². The molecule has 3 aliphatic rings. The summed E-state index contributed by atoms with van der Waals surface area (Å²) in [5.41, 5.74) is 5.60. The van der Waals surface area contributed by atoms with Gasteiger partial charge in [0.05, 0.1) is 14.2 Å². The summed E-state index contributed by atoms with van der Waals surface area (Å²) >= 11 is 6.72. The molecular weight excluding hydrogens is 524 g/mol. The molecule has 0 spiro atoms. The fraction of sp³-hybridized carbons (Fsp3) is 0.273. The van der Waals surface area contributed by atoms with Crippen LogP contribution in [0.5, 0.6) is 11.5 Å². The van der Waals surface area contributed by atoms with Crippen molar-refractivity contribution in [2.45, 2.75) is 43.4 Å². The highest BCUT2D eigenvalue weighted by atomic mass is 35.5. The number of allylic oxidation sites excluding steroid dienone is 4. The minimum absolute atomic E-state index is 0.000865. The molecule has 0 amide bonds. The topological polar surface area (TPSA) is 81.9 Å². The molecule has 2 aliphatic carbocycles. The van der Waals surface area contributed by atoms with Gasteiger partial charge in [0, 0.05) is 46.3 Å². The predicted molar refractivity (Wildman–Crippen MR) is 154 cm³/mol. The molecule has 3 aromatic rings. The van der Waals surface area contributed by atoms with Crippen LogP contribution in [0.25, 0.3) is 0 Å². The second kappa shape index (κ2) is 10.6. The van der Waals surface area contributed by atoms with Crippen LogP contribution in [0.3, 0.4) is 0 Å². The van der Waals surface area contributed by atoms with Gasteiger partial charge in [-0.05, 0) is 71.7 Å². The van der Waals surface area contributed by atoms with Crippen molar-refractivity contribution in [1.82, 2.24) is 5.01 Å². The number of methoxy groups -OCH3 is 2. The molecule has 0 bridgehead atoms. The van der Waals surface area contributed by atoms with Crippen LogP contribution in [0.15, 0.2) is 95.3 Å². The summed E-state index contributed by atoms with van der Waals surface area (Å²) in [5.74, 6) is 7.79. The minimum Gasteiger partial charge on any atom is -0.497 e. The van der Waals surface area contributed by atoms with E-state index < -0.39 is 5.92 Å². The smallest absolute Gasteiger partial charge is 0.162 e. The summed E-state index contributed by atoms with van der Waals surface area (Å²) < 4.78 is 10.6. The average Bonchev–Trinajstić information content (AvgIpc) is 2.98. The first-order valence-electron chi connectivity index (χ1n) is 13.5. The number of hydrazine groups is 1. The highest BCUT2D eigenvalue weighted by molar-refractivity contribution is 6.31. The lowest BCUT2D eigenvalue weighted by molar-refractivity contribution is -0.117. The molecule has 204 valence electrons. The molecule has 2 unspecified atom stereocenters. The number of hydrogen-bond donors (Lipinski definition) is 1. The number of halogens is 1. The SMILES string of the molecule is COc1ccc(C2CC(=O)C3=C(C2)N(N)C2=C(C(=O)CC(c4ccc(OC)cc4)C2)C3c2ccccc2Cl)cc1. The standard InChI is InChI=1S/C33H31ClN2O4/c1-39-23-11-7-19(8-12-23)21-15-27-32(29(37)17-21)31(25-5-3-4-6-26(25)34)33-28(36(27)35)16-22(18-30(33)38)20-9-13-24(40-2)14-10-20/h3-14,21-22,31H,15-18,35H2,1-2H3. The third-order valence-electron chi connectivity index (χ3n) is 8.52. The van der Waals surface area contributed by atoms with Crippen molar-refractivity contribution >= 4 is 23.2 Å². The van der Waals surface area contributed by atoms with Crippen LogP contribution in [-0.4, -0.2) is 30.8 Å². The van der Waals surface area contributed by atoms with Crippen LogP contribution in [0, 0.1) is 0 Å². The number of carbonyl (C=O) groups excluding carboxylic acids is 2. The van der Waals surface area contributed by atoms with E-state index in [1.165, 1.54) is 0 Å². The summed E-state index contributed by atoms with van der Waals surface area (Å²) in [4.78, 5) is 27.9. The van der Waals surface area contributed by atoms with Gasteiger partial charge in [-0.2, -0.15) is 0 Å². The highest BCUT2D eigenvalue weighted by Crippen LogP contribution is 2.53. The molecule has 2 atom stereocenters. The monoisotopic (exact) mass is 554 g/mol. The third kappa shape index (κ3) is 4.51. The number of benzene rings is 3. The lowest BCUT2D eigenvalue weighted by Gasteiger charge is -2.44. The second-order valence-electron chi connectivity index (χ2n) is 10.6. The fourth-order valence-electron chi connectivity index (χ4n) is 6.48. The van der Waals surface area contributed by atoms with Crippen molar-refractivity contribution < 1.29 is 19.1 Å². The van der Waals surface area contributed by atoms with E-state index in [2.05, 4.69) is 0 Å². The molecule has 0 saturated heterocycles. The zero-order valence-corrected chi connectivity index (χ0v) is 23.3. The predicted octanol–water partition coefficient (Wildman–Crippen LogP) is 6.43. The summed E-state index contributed by atoms with van der Waals surface area (Å²) in [6.07, 6.45) is 1.85. The molecule has 0 fully saturated rings. The molecule has 1 heterocycles. The zero-order chi connectivity index (χ0) is 28.0. The van der Waals surface area contributed by atoms with Crippen molar-refractivity contribution in [3.8, 4) is 11.5 Å². The number of Topliss-reactive ketones (excluding diaryl/α,β-unsaturated/α-hetero) is 2. The molecule has 1 aliphatic heterocycles. The van der Waals surface area contributed by atoms with E-state index in [9.17, 15) is 9.59 Å². The molecule has 0 radical (unpaired) electrons. The molecule has 7 heteroatoms. The molecule has 6 rings (SSSR count). The normalized spacial score (nSPS) is 22.7. The second-order valence-corrected chi connectivity index (χ2v) is 11.1. The van der Waals surface area contributed by atoms with Gasteiger partial charge in [-0.1, -0.05) is 54.1 Å². The molecule has 40 heavy (non-hydrogen) atoms. The molecule has 3 aromatic carbocycles. The number of nitrogens with zero attached hydrogens (tertiary/aromatic N) is 1. The average molecular weight is 555 g/mol. The van der Waals surface area contributed by atoms with Gasteiger partial charge in [0.1, 0.15) is 11.5 Å². The maximum Gasteiger partial charge on any atom is 0.162 e. The Bertz CT molecular complexity index is 1450. The van der Waals surface area contributed by atoms with Crippen molar-refractivity contribution in [2.75, 3.05) is 14.2 Å². The maximum absolute atomic E-state index is 13.9. The van der Waals surface area contributed by atoms with Crippen LogP contribution in [0.4, 0.5) is 0 Å². The van der Waals surface area contributed by atoms with Crippen molar-refractivity contribution in [1.29, 1.82) is 0 Å². The van der Waals surface area contributed by atoms with Gasteiger partial charge in [-0.25, -0.2) is 5.84 Å². The quantitative estimate of drug-likeness (QED) is 0.366. The van der Waals surface area contributed by atoms with Crippen LogP contribution in [0.2, 0.25) is 5.02 Å². The van der Waals surface area contributed by atoms with E-state index in [4.69, 9.17) is 26.9 Å². The van der Waals surface area contributed by atoms with Crippen LogP contribution in [0.1, 0.15) is 60.1 Å².